The van der Waals surface area contributed by atoms with Crippen molar-refractivity contribution in [2.24, 2.45) is 0 Å². The molecule has 2 rings (SSSR count). The van der Waals surface area contributed by atoms with Gasteiger partial charge in [-0.25, -0.2) is 0 Å². The summed E-state index contributed by atoms with van der Waals surface area (Å²) in [6.45, 7) is 6.07. The first-order valence-corrected chi connectivity index (χ1v) is 5.95. The number of aliphatic hydroxyl groups is 1. The number of rotatable bonds is 4. The lowest BCUT2D eigenvalue weighted by molar-refractivity contribution is 0.146. The van der Waals surface area contributed by atoms with E-state index < -0.39 is 6.10 Å². The Morgan fingerprint density at radius 2 is 2.12 bits per heavy atom. The van der Waals surface area contributed by atoms with Crippen LogP contribution >= 0.6 is 0 Å². The summed E-state index contributed by atoms with van der Waals surface area (Å²) in [6.07, 6.45) is 2.04. The van der Waals surface area contributed by atoms with Crippen LogP contribution in [-0.2, 0) is 0 Å². The zero-order valence-electron chi connectivity index (χ0n) is 10.4. The third kappa shape index (κ3) is 2.42. The lowest BCUT2D eigenvalue weighted by Gasteiger charge is -2.03. The van der Waals surface area contributed by atoms with Crippen molar-refractivity contribution in [3.05, 3.63) is 30.2 Å². The summed E-state index contributed by atoms with van der Waals surface area (Å²) < 4.78 is 7.47. The summed E-state index contributed by atoms with van der Waals surface area (Å²) >= 11 is 0. The average Bonchev–Trinajstić information content (AvgIpc) is 2.95. The molecule has 2 aromatic rings. The van der Waals surface area contributed by atoms with Gasteiger partial charge >= 0.3 is 0 Å². The molecule has 1 atom stereocenters. The number of aromatic nitrogens is 2. The summed E-state index contributed by atoms with van der Waals surface area (Å²) in [5, 5.41) is 14.1. The molecule has 2 aromatic heterocycles. The fourth-order valence-electron chi connectivity index (χ4n) is 1.63. The minimum atomic E-state index is -0.532. The van der Waals surface area contributed by atoms with Crippen LogP contribution in [0.2, 0.25) is 0 Å². The highest BCUT2D eigenvalue weighted by atomic mass is 16.4. The van der Waals surface area contributed by atoms with E-state index in [4.69, 9.17) is 4.42 Å². The van der Waals surface area contributed by atoms with Crippen LogP contribution in [0.3, 0.4) is 0 Å². The molecule has 2 heterocycles. The van der Waals surface area contributed by atoms with Gasteiger partial charge in [-0.3, -0.25) is 4.68 Å². The molecule has 1 unspecified atom stereocenters. The van der Waals surface area contributed by atoms with E-state index >= 15 is 0 Å². The first-order valence-electron chi connectivity index (χ1n) is 5.95. The van der Waals surface area contributed by atoms with E-state index in [9.17, 15) is 5.11 Å². The van der Waals surface area contributed by atoms with Crippen LogP contribution in [0, 0.1) is 0 Å². The Morgan fingerprint density at radius 1 is 1.35 bits per heavy atom. The second kappa shape index (κ2) is 4.75. The molecule has 92 valence electrons. The van der Waals surface area contributed by atoms with Gasteiger partial charge in [-0.1, -0.05) is 6.92 Å². The molecule has 4 heteroatoms. The van der Waals surface area contributed by atoms with Crippen molar-refractivity contribution in [1.82, 2.24) is 9.78 Å². The van der Waals surface area contributed by atoms with Gasteiger partial charge in [-0.05, 0) is 38.5 Å². The number of aliphatic hydroxyl groups excluding tert-OH is 1. The normalized spacial score (nSPS) is 13.2. The summed E-state index contributed by atoms with van der Waals surface area (Å²) in [7, 11) is 0. The van der Waals surface area contributed by atoms with Gasteiger partial charge in [0.05, 0.1) is 0 Å². The Bertz CT molecular complexity index is 485. The van der Waals surface area contributed by atoms with Crippen LogP contribution in [-0.4, -0.2) is 14.9 Å². The molecule has 0 aliphatic carbocycles. The molecule has 0 spiro atoms. The second-order valence-electron chi connectivity index (χ2n) is 4.40. The van der Waals surface area contributed by atoms with Gasteiger partial charge in [0.25, 0.3) is 0 Å². The standard InChI is InChI=1S/C13H18N2O2/c1-4-11(16)13-6-5-12(17-13)10-7-8-15(14-10)9(2)3/h5-9,11,16H,4H2,1-3H3. The SMILES string of the molecule is CCC(O)c1ccc(-c2ccn(C(C)C)n2)o1. The van der Waals surface area contributed by atoms with Crippen molar-refractivity contribution in [2.45, 2.75) is 39.3 Å². The van der Waals surface area contributed by atoms with E-state index in [1.54, 1.807) is 6.07 Å². The molecule has 0 aliphatic rings. The molecular formula is C13H18N2O2. The molecule has 4 nitrogen and oxygen atoms in total. The summed E-state index contributed by atoms with van der Waals surface area (Å²) in [5.74, 6) is 1.30. The van der Waals surface area contributed by atoms with E-state index in [0.717, 1.165) is 5.69 Å². The molecule has 1 N–H and O–H groups in total. The summed E-state index contributed by atoms with van der Waals surface area (Å²) in [5.41, 5.74) is 0.799. The van der Waals surface area contributed by atoms with E-state index in [2.05, 4.69) is 18.9 Å². The fourth-order valence-corrected chi connectivity index (χ4v) is 1.63. The maximum absolute atomic E-state index is 9.66. The molecule has 0 amide bonds. The van der Waals surface area contributed by atoms with E-state index in [-0.39, 0.29) is 0 Å². The van der Waals surface area contributed by atoms with Gasteiger partial charge in [0.15, 0.2) is 5.76 Å². The van der Waals surface area contributed by atoms with Crippen molar-refractivity contribution in [3.63, 3.8) is 0 Å². The van der Waals surface area contributed by atoms with Crippen molar-refractivity contribution in [1.29, 1.82) is 0 Å². The summed E-state index contributed by atoms with van der Waals surface area (Å²) in [6, 6.07) is 5.90. The highest BCUT2D eigenvalue weighted by molar-refractivity contribution is 5.51. The molecule has 0 saturated carbocycles. The van der Waals surface area contributed by atoms with Crippen LogP contribution in [0.5, 0.6) is 0 Å². The minimum Gasteiger partial charge on any atom is -0.457 e. The fraction of sp³-hybridized carbons (Fsp3) is 0.462. The van der Waals surface area contributed by atoms with Crippen molar-refractivity contribution in [2.75, 3.05) is 0 Å². The van der Waals surface area contributed by atoms with Gasteiger partial charge in [-0.15, -0.1) is 0 Å². The maximum Gasteiger partial charge on any atom is 0.154 e. The zero-order valence-corrected chi connectivity index (χ0v) is 10.4. The van der Waals surface area contributed by atoms with E-state index in [1.165, 1.54) is 0 Å². The Hall–Kier alpha value is -1.55. The molecule has 0 bridgehead atoms. The first-order chi connectivity index (χ1) is 8.11. The Labute approximate surface area is 101 Å². The van der Waals surface area contributed by atoms with Crippen LogP contribution < -0.4 is 0 Å². The van der Waals surface area contributed by atoms with Crippen LogP contribution in [0.25, 0.3) is 11.5 Å². The molecule has 0 radical (unpaired) electrons. The highest BCUT2D eigenvalue weighted by Gasteiger charge is 2.13. The number of hydrogen-bond donors (Lipinski definition) is 1. The van der Waals surface area contributed by atoms with Crippen molar-refractivity contribution >= 4 is 0 Å². The van der Waals surface area contributed by atoms with Gasteiger partial charge in [0, 0.05) is 12.2 Å². The maximum atomic E-state index is 9.66. The lowest BCUT2D eigenvalue weighted by Crippen LogP contribution is -2.00. The van der Waals surface area contributed by atoms with Gasteiger partial charge < -0.3 is 9.52 Å². The quantitative estimate of drug-likeness (QED) is 0.884. The molecule has 0 saturated heterocycles. The smallest absolute Gasteiger partial charge is 0.154 e. The highest BCUT2D eigenvalue weighted by Crippen LogP contribution is 2.25. The monoisotopic (exact) mass is 234 g/mol. The Kier molecular flexibility index (Phi) is 3.33. The number of furan rings is 1. The first kappa shape index (κ1) is 11.9. The minimum absolute atomic E-state index is 0.333. The zero-order chi connectivity index (χ0) is 12.4. The summed E-state index contributed by atoms with van der Waals surface area (Å²) in [4.78, 5) is 0. The van der Waals surface area contributed by atoms with Crippen LogP contribution in [0.1, 0.15) is 45.1 Å². The van der Waals surface area contributed by atoms with E-state index in [0.29, 0.717) is 24.0 Å². The molecule has 0 fully saturated rings. The largest absolute Gasteiger partial charge is 0.457 e. The van der Waals surface area contributed by atoms with Gasteiger partial charge in [-0.2, -0.15) is 5.10 Å². The second-order valence-corrected chi connectivity index (χ2v) is 4.40. The van der Waals surface area contributed by atoms with Crippen molar-refractivity contribution < 1.29 is 9.52 Å². The number of nitrogens with zero attached hydrogens (tertiary/aromatic N) is 2. The van der Waals surface area contributed by atoms with Crippen LogP contribution in [0.15, 0.2) is 28.8 Å². The predicted octanol–water partition coefficient (Wildman–Crippen LogP) is 3.17. The third-order valence-corrected chi connectivity index (χ3v) is 2.73. The number of hydrogen-bond acceptors (Lipinski definition) is 3. The van der Waals surface area contributed by atoms with Gasteiger partial charge in [0.1, 0.15) is 17.6 Å². The van der Waals surface area contributed by atoms with E-state index in [1.807, 2.05) is 29.9 Å². The Balaban J connectivity index is 2.24. The van der Waals surface area contributed by atoms with Crippen molar-refractivity contribution in [3.8, 4) is 11.5 Å². The van der Waals surface area contributed by atoms with Gasteiger partial charge in [0.2, 0.25) is 0 Å². The predicted molar refractivity (Wildman–Crippen MR) is 65.6 cm³/mol. The molecule has 0 aromatic carbocycles. The lowest BCUT2D eigenvalue weighted by atomic mass is 10.2. The third-order valence-electron chi connectivity index (χ3n) is 2.73. The Morgan fingerprint density at radius 3 is 2.71 bits per heavy atom. The van der Waals surface area contributed by atoms with Crippen LogP contribution in [0.4, 0.5) is 0 Å². The topological polar surface area (TPSA) is 51.2 Å². The molecular weight excluding hydrogens is 216 g/mol. The average molecular weight is 234 g/mol. The molecule has 17 heavy (non-hydrogen) atoms. The molecule has 0 aliphatic heterocycles.